The summed E-state index contributed by atoms with van der Waals surface area (Å²) in [7, 11) is 0.842. The third-order valence-electron chi connectivity index (χ3n) is 4.53. The number of hydrogen-bond acceptors (Lipinski definition) is 5. The van der Waals surface area contributed by atoms with Crippen molar-refractivity contribution in [1.82, 2.24) is 0 Å². The van der Waals surface area contributed by atoms with Crippen molar-refractivity contribution in [3.63, 3.8) is 0 Å². The Morgan fingerprint density at radius 2 is 1.88 bits per heavy atom. The smallest absolute Gasteiger partial charge is 0.491 e. The molecule has 2 rings (SSSR count). The van der Waals surface area contributed by atoms with Gasteiger partial charge in [-0.25, -0.2) is 4.39 Å². The van der Waals surface area contributed by atoms with Gasteiger partial charge in [0.15, 0.2) is 16.7 Å². The van der Waals surface area contributed by atoms with Crippen molar-refractivity contribution in [2.75, 3.05) is 12.9 Å². The standard InChI is InChI=1S/C18H24BFO4S/c1-12(21)25-11-14(19-23-17(2,3)18(4,5)24-19)9-13-7-8-16(22-6)15(20)10-13/h7-10H,11H2,1-6H3. The Balaban J connectivity index is 2.33. The summed E-state index contributed by atoms with van der Waals surface area (Å²) >= 11 is 1.17. The molecule has 0 unspecified atom stereocenters. The second kappa shape index (κ2) is 7.52. The molecule has 1 aromatic carbocycles. The van der Waals surface area contributed by atoms with Gasteiger partial charge in [0.05, 0.1) is 18.3 Å². The van der Waals surface area contributed by atoms with Gasteiger partial charge in [-0.1, -0.05) is 23.9 Å². The molecule has 0 saturated carbocycles. The van der Waals surface area contributed by atoms with Crippen LogP contribution in [0.25, 0.3) is 6.08 Å². The van der Waals surface area contributed by atoms with Gasteiger partial charge in [-0.2, -0.15) is 0 Å². The van der Waals surface area contributed by atoms with Gasteiger partial charge in [0.1, 0.15) is 0 Å². The largest absolute Gasteiger partial charge is 0.494 e. The first-order chi connectivity index (χ1) is 11.6. The summed E-state index contributed by atoms with van der Waals surface area (Å²) in [5, 5.41) is 0.00308. The number of thioether (sulfide) groups is 1. The van der Waals surface area contributed by atoms with Crippen molar-refractivity contribution < 1.29 is 23.2 Å². The van der Waals surface area contributed by atoms with Crippen LogP contribution in [0, 0.1) is 5.82 Å². The molecule has 0 bridgehead atoms. The fraction of sp³-hybridized carbons (Fsp3) is 0.500. The van der Waals surface area contributed by atoms with Crippen LogP contribution in [0.2, 0.25) is 0 Å². The van der Waals surface area contributed by atoms with Crippen molar-refractivity contribution in [2.45, 2.75) is 45.8 Å². The van der Waals surface area contributed by atoms with E-state index in [-0.39, 0.29) is 10.9 Å². The number of hydrogen-bond donors (Lipinski definition) is 0. The quantitative estimate of drug-likeness (QED) is 0.734. The number of halogens is 1. The molecule has 1 aromatic rings. The van der Waals surface area contributed by atoms with E-state index in [1.165, 1.54) is 31.9 Å². The van der Waals surface area contributed by atoms with E-state index in [2.05, 4.69) is 0 Å². The van der Waals surface area contributed by atoms with Crippen molar-refractivity contribution in [3.8, 4) is 5.75 Å². The Kier molecular flexibility index (Phi) is 6.02. The highest BCUT2D eigenvalue weighted by molar-refractivity contribution is 8.13. The highest BCUT2D eigenvalue weighted by Crippen LogP contribution is 2.39. The first-order valence-corrected chi connectivity index (χ1v) is 9.07. The number of ether oxygens (including phenoxy) is 1. The number of methoxy groups -OCH3 is 1. The molecule has 1 aliphatic heterocycles. The summed E-state index contributed by atoms with van der Waals surface area (Å²) in [5.74, 6) is 0.163. The first-order valence-electron chi connectivity index (χ1n) is 8.09. The van der Waals surface area contributed by atoms with Crippen LogP contribution >= 0.6 is 11.8 Å². The van der Waals surface area contributed by atoms with Crippen molar-refractivity contribution in [3.05, 3.63) is 35.1 Å². The maximum atomic E-state index is 14.0. The monoisotopic (exact) mass is 366 g/mol. The van der Waals surface area contributed by atoms with Gasteiger partial charge < -0.3 is 14.0 Å². The van der Waals surface area contributed by atoms with Gasteiger partial charge in [-0.05, 0) is 50.9 Å². The number of carbonyl (C=O) groups excluding carboxylic acids is 1. The Morgan fingerprint density at radius 1 is 1.28 bits per heavy atom. The minimum Gasteiger partial charge on any atom is -0.494 e. The lowest BCUT2D eigenvalue weighted by Crippen LogP contribution is -2.41. The van der Waals surface area contributed by atoms with Crippen LogP contribution in [0.5, 0.6) is 5.75 Å². The van der Waals surface area contributed by atoms with Gasteiger partial charge in [0.2, 0.25) is 0 Å². The zero-order valence-electron chi connectivity index (χ0n) is 15.5. The van der Waals surface area contributed by atoms with Crippen LogP contribution in [0.15, 0.2) is 23.7 Å². The second-order valence-corrected chi connectivity index (χ2v) is 8.13. The van der Waals surface area contributed by atoms with E-state index in [9.17, 15) is 9.18 Å². The van der Waals surface area contributed by atoms with Crippen molar-refractivity contribution >= 4 is 30.1 Å². The van der Waals surface area contributed by atoms with Gasteiger partial charge in [-0.3, -0.25) is 4.79 Å². The normalized spacial score (nSPS) is 19.2. The summed E-state index contributed by atoms with van der Waals surface area (Å²) in [5.41, 5.74) is 0.474. The molecular formula is C18H24BFO4S. The zero-order valence-corrected chi connectivity index (χ0v) is 16.3. The maximum Gasteiger partial charge on any atom is 0.491 e. The molecule has 25 heavy (non-hydrogen) atoms. The molecule has 0 radical (unpaired) electrons. The van der Waals surface area contributed by atoms with E-state index in [0.29, 0.717) is 11.3 Å². The fourth-order valence-electron chi connectivity index (χ4n) is 2.34. The second-order valence-electron chi connectivity index (χ2n) is 6.98. The highest BCUT2D eigenvalue weighted by Gasteiger charge is 2.52. The predicted molar refractivity (Wildman–Crippen MR) is 100 cm³/mol. The average Bonchev–Trinajstić information content (AvgIpc) is 2.71. The van der Waals surface area contributed by atoms with E-state index in [1.54, 1.807) is 18.2 Å². The van der Waals surface area contributed by atoms with Crippen LogP contribution in [0.1, 0.15) is 40.2 Å². The average molecular weight is 366 g/mol. The third-order valence-corrected chi connectivity index (χ3v) is 5.41. The van der Waals surface area contributed by atoms with E-state index < -0.39 is 24.1 Å². The Labute approximate surface area is 153 Å². The first kappa shape index (κ1) is 20.0. The van der Waals surface area contributed by atoms with Crippen molar-refractivity contribution in [1.29, 1.82) is 0 Å². The lowest BCUT2D eigenvalue weighted by atomic mass is 9.78. The summed E-state index contributed by atoms with van der Waals surface area (Å²) < 4.78 is 31.1. The molecule has 7 heteroatoms. The molecule has 0 aromatic heterocycles. The van der Waals surface area contributed by atoms with Crippen LogP contribution < -0.4 is 4.74 Å². The molecule has 0 N–H and O–H groups in total. The lowest BCUT2D eigenvalue weighted by molar-refractivity contribution is -0.109. The van der Waals surface area contributed by atoms with Crippen molar-refractivity contribution in [2.24, 2.45) is 0 Å². The van der Waals surface area contributed by atoms with E-state index in [4.69, 9.17) is 14.0 Å². The summed E-state index contributed by atoms with van der Waals surface area (Å²) in [6.45, 7) is 9.39. The van der Waals surface area contributed by atoms with Gasteiger partial charge >= 0.3 is 7.12 Å². The number of rotatable bonds is 5. The van der Waals surface area contributed by atoms with E-state index >= 15 is 0 Å². The molecule has 0 aliphatic carbocycles. The molecule has 1 aliphatic rings. The SMILES string of the molecule is COc1ccc(C=C(CSC(C)=O)B2OC(C)(C)C(C)(C)O2)cc1F. The fourth-order valence-corrected chi connectivity index (χ4v) is 2.93. The molecule has 136 valence electrons. The molecule has 1 fully saturated rings. The Morgan fingerprint density at radius 3 is 2.36 bits per heavy atom. The third kappa shape index (κ3) is 4.66. The summed E-state index contributed by atoms with van der Waals surface area (Å²) in [6, 6.07) is 4.72. The molecule has 1 saturated heterocycles. The van der Waals surface area contributed by atoms with Gasteiger partial charge in [-0.15, -0.1) is 0 Å². The summed E-state index contributed by atoms with van der Waals surface area (Å²) in [6.07, 6.45) is 1.81. The molecule has 1 heterocycles. The van der Waals surface area contributed by atoms with Crippen LogP contribution in [0.3, 0.4) is 0 Å². The highest BCUT2D eigenvalue weighted by atomic mass is 32.2. The number of benzene rings is 1. The zero-order chi connectivity index (χ0) is 18.8. The Bertz CT molecular complexity index is 672. The minimum atomic E-state index is -0.581. The van der Waals surface area contributed by atoms with Gasteiger partial charge in [0, 0.05) is 12.7 Å². The maximum absolute atomic E-state index is 14.0. The van der Waals surface area contributed by atoms with Gasteiger partial charge in [0.25, 0.3) is 0 Å². The van der Waals surface area contributed by atoms with E-state index in [0.717, 1.165) is 5.47 Å². The molecule has 0 amide bonds. The van der Waals surface area contributed by atoms with Crippen LogP contribution in [-0.4, -0.2) is 36.3 Å². The molecule has 4 nitrogen and oxygen atoms in total. The molecule has 0 spiro atoms. The summed E-state index contributed by atoms with van der Waals surface area (Å²) in [4.78, 5) is 11.4. The minimum absolute atomic E-state index is 0.00308. The predicted octanol–water partition coefficient (Wildman–Crippen LogP) is 4.13. The van der Waals surface area contributed by atoms with Crippen LogP contribution in [0.4, 0.5) is 4.39 Å². The number of carbonyl (C=O) groups is 1. The molecular weight excluding hydrogens is 342 g/mol. The van der Waals surface area contributed by atoms with E-state index in [1.807, 2.05) is 27.7 Å². The molecule has 0 atom stereocenters. The Hall–Kier alpha value is -1.31. The lowest BCUT2D eigenvalue weighted by Gasteiger charge is -2.32. The topological polar surface area (TPSA) is 44.8 Å². The van der Waals surface area contributed by atoms with Crippen LogP contribution in [-0.2, 0) is 14.1 Å².